The van der Waals surface area contributed by atoms with Gasteiger partial charge in [0.2, 0.25) is 0 Å². The minimum absolute atomic E-state index is 0.374. The van der Waals surface area contributed by atoms with E-state index in [0.29, 0.717) is 26.4 Å². The molecule has 4 nitrogen and oxygen atoms in total. The van der Waals surface area contributed by atoms with E-state index >= 15 is 0 Å². The summed E-state index contributed by atoms with van der Waals surface area (Å²) in [5.41, 5.74) is 0. The predicted octanol–water partition coefficient (Wildman–Crippen LogP) is 1.72. The zero-order valence-electron chi connectivity index (χ0n) is 8.75. The van der Waals surface area contributed by atoms with Gasteiger partial charge in [-0.15, -0.1) is 6.58 Å². The molecule has 0 saturated heterocycles. The van der Waals surface area contributed by atoms with Crippen molar-refractivity contribution >= 4 is 6.09 Å². The number of alkyl carbamates (subject to hydrolysis) is 1. The van der Waals surface area contributed by atoms with Gasteiger partial charge in [-0.05, 0) is 6.42 Å². The summed E-state index contributed by atoms with van der Waals surface area (Å²) in [6.45, 7) is 7.49. The van der Waals surface area contributed by atoms with Gasteiger partial charge in [-0.3, -0.25) is 0 Å². The van der Waals surface area contributed by atoms with Crippen molar-refractivity contribution in [3.8, 4) is 0 Å². The van der Waals surface area contributed by atoms with Crippen molar-refractivity contribution in [1.82, 2.24) is 5.32 Å². The van der Waals surface area contributed by atoms with Crippen LogP contribution in [0, 0.1) is 0 Å². The first kappa shape index (κ1) is 13.0. The van der Waals surface area contributed by atoms with Gasteiger partial charge in [0.1, 0.15) is 0 Å². The predicted molar refractivity (Wildman–Crippen MR) is 55.3 cm³/mol. The standard InChI is InChI=1S/C10H19NO3/c1-3-5-8-14-10(12)11-6-9-13-7-4-2/h4H,2-3,5-9H2,1H3,(H,11,12). The molecule has 0 aliphatic rings. The van der Waals surface area contributed by atoms with Crippen molar-refractivity contribution < 1.29 is 14.3 Å². The Labute approximate surface area is 85.3 Å². The van der Waals surface area contributed by atoms with Gasteiger partial charge in [-0.1, -0.05) is 19.4 Å². The minimum Gasteiger partial charge on any atom is -0.450 e. The Morgan fingerprint density at radius 2 is 2.29 bits per heavy atom. The number of hydrogen-bond acceptors (Lipinski definition) is 3. The molecule has 0 fully saturated rings. The van der Waals surface area contributed by atoms with Crippen molar-refractivity contribution in [2.24, 2.45) is 0 Å². The van der Waals surface area contributed by atoms with Crippen molar-refractivity contribution in [3.63, 3.8) is 0 Å². The van der Waals surface area contributed by atoms with Crippen molar-refractivity contribution in [2.75, 3.05) is 26.4 Å². The Morgan fingerprint density at radius 3 is 2.93 bits per heavy atom. The second-order valence-electron chi connectivity index (χ2n) is 2.78. The fraction of sp³-hybridized carbons (Fsp3) is 0.700. The number of amides is 1. The molecule has 0 bridgehead atoms. The second kappa shape index (κ2) is 10.1. The number of carbonyl (C=O) groups is 1. The molecular formula is C10H19NO3. The van der Waals surface area contributed by atoms with Crippen LogP contribution in [0.2, 0.25) is 0 Å². The summed E-state index contributed by atoms with van der Waals surface area (Å²) in [4.78, 5) is 10.9. The molecule has 14 heavy (non-hydrogen) atoms. The first-order valence-corrected chi connectivity index (χ1v) is 4.90. The van der Waals surface area contributed by atoms with Crippen molar-refractivity contribution in [1.29, 1.82) is 0 Å². The van der Waals surface area contributed by atoms with Crippen LogP contribution in [0.3, 0.4) is 0 Å². The Bertz CT molecular complexity index is 159. The molecule has 0 rings (SSSR count). The third kappa shape index (κ3) is 9.06. The Balaban J connectivity index is 3.14. The molecule has 0 spiro atoms. The van der Waals surface area contributed by atoms with Crippen LogP contribution in [0.5, 0.6) is 0 Å². The normalized spacial score (nSPS) is 9.50. The fourth-order valence-electron chi connectivity index (χ4n) is 0.752. The zero-order chi connectivity index (χ0) is 10.6. The van der Waals surface area contributed by atoms with Gasteiger partial charge in [-0.25, -0.2) is 4.79 Å². The molecule has 0 aromatic carbocycles. The largest absolute Gasteiger partial charge is 0.450 e. The molecule has 0 unspecified atom stereocenters. The van der Waals surface area contributed by atoms with Gasteiger partial charge in [0, 0.05) is 6.54 Å². The summed E-state index contributed by atoms with van der Waals surface area (Å²) in [7, 11) is 0. The summed E-state index contributed by atoms with van der Waals surface area (Å²) in [6, 6.07) is 0. The van der Waals surface area contributed by atoms with Gasteiger partial charge >= 0.3 is 6.09 Å². The SMILES string of the molecule is C=CCOCCNC(=O)OCCCC. The van der Waals surface area contributed by atoms with Crippen LogP contribution in [0.1, 0.15) is 19.8 Å². The van der Waals surface area contributed by atoms with E-state index in [0.717, 1.165) is 12.8 Å². The molecule has 0 atom stereocenters. The molecule has 4 heteroatoms. The maximum Gasteiger partial charge on any atom is 0.407 e. The van der Waals surface area contributed by atoms with E-state index in [1.807, 2.05) is 6.92 Å². The number of hydrogen-bond donors (Lipinski definition) is 1. The first-order chi connectivity index (χ1) is 6.81. The van der Waals surface area contributed by atoms with E-state index in [1.165, 1.54) is 0 Å². The van der Waals surface area contributed by atoms with E-state index in [9.17, 15) is 4.79 Å². The number of carbonyl (C=O) groups excluding carboxylic acids is 1. The highest BCUT2D eigenvalue weighted by Gasteiger charge is 1.98. The quantitative estimate of drug-likeness (QED) is 0.480. The molecule has 1 amide bonds. The van der Waals surface area contributed by atoms with Crippen LogP contribution in [0.4, 0.5) is 4.79 Å². The van der Waals surface area contributed by atoms with Crippen LogP contribution >= 0.6 is 0 Å². The summed E-state index contributed by atoms with van der Waals surface area (Å²) in [5.74, 6) is 0. The van der Waals surface area contributed by atoms with Crippen LogP contribution in [0.15, 0.2) is 12.7 Å². The lowest BCUT2D eigenvalue weighted by Crippen LogP contribution is -2.28. The van der Waals surface area contributed by atoms with Crippen molar-refractivity contribution in [3.05, 3.63) is 12.7 Å². The Morgan fingerprint density at radius 1 is 1.50 bits per heavy atom. The van der Waals surface area contributed by atoms with Crippen LogP contribution in [-0.4, -0.2) is 32.5 Å². The molecule has 0 aliphatic carbocycles. The lowest BCUT2D eigenvalue weighted by Gasteiger charge is -2.05. The molecule has 0 heterocycles. The number of rotatable bonds is 8. The lowest BCUT2D eigenvalue weighted by molar-refractivity contribution is 0.132. The summed E-state index contributed by atoms with van der Waals surface area (Å²) in [6.07, 6.45) is 3.22. The van der Waals surface area contributed by atoms with Crippen LogP contribution in [-0.2, 0) is 9.47 Å². The van der Waals surface area contributed by atoms with Gasteiger partial charge in [0.05, 0.1) is 19.8 Å². The molecule has 1 N–H and O–H groups in total. The molecule has 0 saturated carbocycles. The highest BCUT2D eigenvalue weighted by molar-refractivity contribution is 5.66. The van der Waals surface area contributed by atoms with Gasteiger partial charge < -0.3 is 14.8 Å². The summed E-state index contributed by atoms with van der Waals surface area (Å²) < 4.78 is 9.93. The van der Waals surface area contributed by atoms with Gasteiger partial charge in [-0.2, -0.15) is 0 Å². The fourth-order valence-corrected chi connectivity index (χ4v) is 0.752. The third-order valence-electron chi connectivity index (χ3n) is 1.48. The molecule has 0 aromatic heterocycles. The zero-order valence-corrected chi connectivity index (χ0v) is 8.75. The van der Waals surface area contributed by atoms with E-state index in [-0.39, 0.29) is 6.09 Å². The van der Waals surface area contributed by atoms with Crippen LogP contribution < -0.4 is 5.32 Å². The summed E-state index contributed by atoms with van der Waals surface area (Å²) in [5, 5.41) is 2.58. The first-order valence-electron chi connectivity index (χ1n) is 4.90. The average molecular weight is 201 g/mol. The third-order valence-corrected chi connectivity index (χ3v) is 1.48. The average Bonchev–Trinajstić information content (AvgIpc) is 2.18. The molecular weight excluding hydrogens is 182 g/mol. The Kier molecular flexibility index (Phi) is 9.31. The van der Waals surface area contributed by atoms with Crippen molar-refractivity contribution in [2.45, 2.75) is 19.8 Å². The minimum atomic E-state index is -0.374. The van der Waals surface area contributed by atoms with Gasteiger partial charge in [0.15, 0.2) is 0 Å². The van der Waals surface area contributed by atoms with E-state index in [1.54, 1.807) is 6.08 Å². The molecule has 0 aliphatic heterocycles. The maximum atomic E-state index is 10.9. The molecule has 82 valence electrons. The lowest BCUT2D eigenvalue weighted by atomic mass is 10.4. The topological polar surface area (TPSA) is 47.6 Å². The number of unbranched alkanes of at least 4 members (excludes halogenated alkanes) is 1. The summed E-state index contributed by atoms with van der Waals surface area (Å²) >= 11 is 0. The Hall–Kier alpha value is -1.03. The van der Waals surface area contributed by atoms with E-state index in [4.69, 9.17) is 9.47 Å². The van der Waals surface area contributed by atoms with E-state index in [2.05, 4.69) is 11.9 Å². The number of nitrogens with one attached hydrogen (secondary N) is 1. The van der Waals surface area contributed by atoms with Crippen LogP contribution in [0.25, 0.3) is 0 Å². The number of ether oxygens (including phenoxy) is 2. The highest BCUT2D eigenvalue weighted by atomic mass is 16.5. The monoisotopic (exact) mass is 201 g/mol. The highest BCUT2D eigenvalue weighted by Crippen LogP contribution is 1.87. The smallest absolute Gasteiger partial charge is 0.407 e. The maximum absolute atomic E-state index is 10.9. The molecule has 0 radical (unpaired) electrons. The molecule has 0 aromatic rings. The second-order valence-corrected chi connectivity index (χ2v) is 2.78. The van der Waals surface area contributed by atoms with E-state index < -0.39 is 0 Å². The van der Waals surface area contributed by atoms with Gasteiger partial charge in [0.25, 0.3) is 0 Å².